The minimum Gasteiger partial charge on any atom is -0.385 e. The summed E-state index contributed by atoms with van der Waals surface area (Å²) in [6.07, 6.45) is 2.21. The second kappa shape index (κ2) is 5.83. The SMILES string of the molecule is O=C(Nc1ccc2c(c1)CCCN2)c1ccc(I)cc1. The van der Waals surface area contributed by atoms with Crippen molar-refractivity contribution in [1.29, 1.82) is 0 Å². The van der Waals surface area contributed by atoms with E-state index in [1.807, 2.05) is 36.4 Å². The molecule has 0 aliphatic carbocycles. The summed E-state index contributed by atoms with van der Waals surface area (Å²) in [5.41, 5.74) is 4.00. The van der Waals surface area contributed by atoms with Crippen molar-refractivity contribution >= 4 is 39.9 Å². The molecule has 2 aromatic rings. The highest BCUT2D eigenvalue weighted by Crippen LogP contribution is 2.25. The largest absolute Gasteiger partial charge is 0.385 e. The van der Waals surface area contributed by atoms with Crippen molar-refractivity contribution in [2.45, 2.75) is 12.8 Å². The number of amides is 1. The third-order valence-corrected chi connectivity index (χ3v) is 4.13. The van der Waals surface area contributed by atoms with Crippen LogP contribution >= 0.6 is 22.6 Å². The fourth-order valence-electron chi connectivity index (χ4n) is 2.36. The van der Waals surface area contributed by atoms with Gasteiger partial charge in [0.1, 0.15) is 0 Å². The number of nitrogens with one attached hydrogen (secondary N) is 2. The van der Waals surface area contributed by atoms with Crippen LogP contribution < -0.4 is 10.6 Å². The van der Waals surface area contributed by atoms with Crippen LogP contribution in [0.15, 0.2) is 42.5 Å². The Hall–Kier alpha value is -1.56. The molecule has 20 heavy (non-hydrogen) atoms. The van der Waals surface area contributed by atoms with E-state index in [9.17, 15) is 4.79 Å². The van der Waals surface area contributed by atoms with Gasteiger partial charge in [0, 0.05) is 27.1 Å². The van der Waals surface area contributed by atoms with Gasteiger partial charge in [-0.25, -0.2) is 0 Å². The van der Waals surface area contributed by atoms with Gasteiger partial charge in [-0.05, 0) is 83.5 Å². The Labute approximate surface area is 131 Å². The minimum atomic E-state index is -0.0647. The summed E-state index contributed by atoms with van der Waals surface area (Å²) in [4.78, 5) is 12.2. The number of rotatable bonds is 2. The van der Waals surface area contributed by atoms with Gasteiger partial charge in [-0.15, -0.1) is 0 Å². The van der Waals surface area contributed by atoms with Gasteiger partial charge in [-0.2, -0.15) is 0 Å². The molecule has 2 aromatic carbocycles. The lowest BCUT2D eigenvalue weighted by Gasteiger charge is -2.18. The zero-order chi connectivity index (χ0) is 13.9. The fourth-order valence-corrected chi connectivity index (χ4v) is 2.72. The predicted molar refractivity (Wildman–Crippen MR) is 90.4 cm³/mol. The summed E-state index contributed by atoms with van der Waals surface area (Å²) in [5.74, 6) is -0.0647. The van der Waals surface area contributed by atoms with Gasteiger partial charge >= 0.3 is 0 Å². The molecular weight excluding hydrogens is 363 g/mol. The van der Waals surface area contributed by atoms with E-state index >= 15 is 0 Å². The molecule has 1 heterocycles. The van der Waals surface area contributed by atoms with Gasteiger partial charge in [0.05, 0.1) is 0 Å². The Morgan fingerprint density at radius 3 is 2.75 bits per heavy atom. The average Bonchev–Trinajstić information content (AvgIpc) is 2.48. The molecule has 2 N–H and O–H groups in total. The van der Waals surface area contributed by atoms with Crippen LogP contribution in [0.2, 0.25) is 0 Å². The van der Waals surface area contributed by atoms with E-state index in [1.54, 1.807) is 0 Å². The second-order valence-corrected chi connectivity index (χ2v) is 6.11. The van der Waals surface area contributed by atoms with E-state index < -0.39 is 0 Å². The summed E-state index contributed by atoms with van der Waals surface area (Å²) >= 11 is 2.23. The number of benzene rings is 2. The highest BCUT2D eigenvalue weighted by Gasteiger charge is 2.11. The van der Waals surface area contributed by atoms with Crippen molar-refractivity contribution in [2.75, 3.05) is 17.2 Å². The Bertz CT molecular complexity index is 637. The van der Waals surface area contributed by atoms with Gasteiger partial charge in [0.2, 0.25) is 0 Å². The molecule has 0 spiro atoms. The maximum atomic E-state index is 12.2. The predicted octanol–water partition coefficient (Wildman–Crippen LogP) is 3.90. The number of halogens is 1. The molecule has 3 rings (SSSR count). The van der Waals surface area contributed by atoms with Crippen molar-refractivity contribution in [2.24, 2.45) is 0 Å². The van der Waals surface area contributed by atoms with Gasteiger partial charge in [0.25, 0.3) is 5.91 Å². The molecule has 0 atom stereocenters. The Morgan fingerprint density at radius 1 is 1.15 bits per heavy atom. The lowest BCUT2D eigenvalue weighted by molar-refractivity contribution is 0.102. The molecular formula is C16H15IN2O. The molecule has 0 saturated carbocycles. The zero-order valence-electron chi connectivity index (χ0n) is 10.9. The van der Waals surface area contributed by atoms with E-state index in [4.69, 9.17) is 0 Å². The number of hydrogen-bond donors (Lipinski definition) is 2. The van der Waals surface area contributed by atoms with Gasteiger partial charge in [-0.3, -0.25) is 4.79 Å². The summed E-state index contributed by atoms with van der Waals surface area (Å²) in [5, 5.41) is 6.33. The van der Waals surface area contributed by atoms with Crippen LogP contribution in [0, 0.1) is 3.57 Å². The van der Waals surface area contributed by atoms with Crippen LogP contribution in [0.25, 0.3) is 0 Å². The topological polar surface area (TPSA) is 41.1 Å². The van der Waals surface area contributed by atoms with Gasteiger partial charge in [-0.1, -0.05) is 0 Å². The van der Waals surface area contributed by atoms with Gasteiger partial charge < -0.3 is 10.6 Å². The molecule has 3 nitrogen and oxygen atoms in total. The second-order valence-electron chi connectivity index (χ2n) is 4.86. The Kier molecular flexibility index (Phi) is 3.91. The fraction of sp³-hybridized carbons (Fsp3) is 0.188. The molecule has 1 aliphatic heterocycles. The van der Waals surface area contributed by atoms with Crippen molar-refractivity contribution < 1.29 is 4.79 Å². The first-order chi connectivity index (χ1) is 9.72. The van der Waals surface area contributed by atoms with Crippen LogP contribution in [0.1, 0.15) is 22.3 Å². The molecule has 102 valence electrons. The van der Waals surface area contributed by atoms with Crippen molar-refractivity contribution in [3.63, 3.8) is 0 Å². The Balaban J connectivity index is 1.77. The third kappa shape index (κ3) is 2.95. The van der Waals surface area contributed by atoms with Crippen molar-refractivity contribution in [1.82, 2.24) is 0 Å². The monoisotopic (exact) mass is 378 g/mol. The van der Waals surface area contributed by atoms with E-state index in [2.05, 4.69) is 39.3 Å². The molecule has 1 aliphatic rings. The Morgan fingerprint density at radius 2 is 1.95 bits per heavy atom. The molecule has 0 radical (unpaired) electrons. The van der Waals surface area contributed by atoms with Crippen molar-refractivity contribution in [3.05, 3.63) is 57.2 Å². The normalized spacial score (nSPS) is 13.2. The van der Waals surface area contributed by atoms with Crippen molar-refractivity contribution in [3.8, 4) is 0 Å². The zero-order valence-corrected chi connectivity index (χ0v) is 13.1. The molecule has 0 unspecified atom stereocenters. The first kappa shape index (κ1) is 13.4. The molecule has 0 fully saturated rings. The first-order valence-corrected chi connectivity index (χ1v) is 7.74. The lowest BCUT2D eigenvalue weighted by Crippen LogP contribution is -2.14. The van der Waals surface area contributed by atoms with E-state index in [0.29, 0.717) is 5.56 Å². The molecule has 0 aromatic heterocycles. The third-order valence-electron chi connectivity index (χ3n) is 3.41. The van der Waals surface area contributed by atoms with E-state index in [-0.39, 0.29) is 5.91 Å². The highest BCUT2D eigenvalue weighted by molar-refractivity contribution is 14.1. The summed E-state index contributed by atoms with van der Waals surface area (Å²) in [6, 6.07) is 13.6. The first-order valence-electron chi connectivity index (χ1n) is 6.66. The summed E-state index contributed by atoms with van der Waals surface area (Å²) < 4.78 is 1.12. The molecule has 4 heteroatoms. The van der Waals surface area contributed by atoms with Crippen LogP contribution in [-0.4, -0.2) is 12.5 Å². The number of anilines is 2. The lowest BCUT2D eigenvalue weighted by atomic mass is 10.0. The maximum absolute atomic E-state index is 12.2. The average molecular weight is 378 g/mol. The van der Waals surface area contributed by atoms with Crippen LogP contribution in [-0.2, 0) is 6.42 Å². The number of aryl methyl sites for hydroxylation is 1. The van der Waals surface area contributed by atoms with Crippen LogP contribution in [0.3, 0.4) is 0 Å². The maximum Gasteiger partial charge on any atom is 0.255 e. The standard InChI is InChI=1S/C16H15IN2O/c17-13-5-3-11(4-6-13)16(20)19-14-7-8-15-12(10-14)2-1-9-18-15/h3-8,10,18H,1-2,9H2,(H,19,20). The van der Waals surface area contributed by atoms with E-state index in [0.717, 1.165) is 28.6 Å². The summed E-state index contributed by atoms with van der Waals surface area (Å²) in [7, 11) is 0. The summed E-state index contributed by atoms with van der Waals surface area (Å²) in [6.45, 7) is 1.03. The number of carbonyl (C=O) groups is 1. The van der Waals surface area contributed by atoms with Gasteiger partial charge in [0.15, 0.2) is 0 Å². The minimum absolute atomic E-state index is 0.0647. The number of carbonyl (C=O) groups excluding carboxylic acids is 1. The smallest absolute Gasteiger partial charge is 0.255 e. The highest BCUT2D eigenvalue weighted by atomic mass is 127. The van der Waals surface area contributed by atoms with Crippen LogP contribution in [0.4, 0.5) is 11.4 Å². The number of hydrogen-bond acceptors (Lipinski definition) is 2. The molecule has 0 bridgehead atoms. The van der Waals surface area contributed by atoms with Crippen LogP contribution in [0.5, 0.6) is 0 Å². The quantitative estimate of drug-likeness (QED) is 0.779. The molecule has 0 saturated heterocycles. The van der Waals surface area contributed by atoms with E-state index in [1.165, 1.54) is 11.3 Å². The molecule has 1 amide bonds. The number of fused-ring (bicyclic) bond motifs is 1.